The molecule has 0 aliphatic carbocycles. The van der Waals surface area contributed by atoms with Gasteiger partial charge in [-0.15, -0.1) is 0 Å². The highest BCUT2D eigenvalue weighted by Crippen LogP contribution is 2.38. The first kappa shape index (κ1) is 13.0. The SMILES string of the molecule is CC(N)c1ccccc1N1CCCOc2ccccc21. The molecule has 0 saturated carbocycles. The second-order valence-corrected chi connectivity index (χ2v) is 5.17. The summed E-state index contributed by atoms with van der Waals surface area (Å²) in [6.45, 7) is 3.73. The normalized spacial score (nSPS) is 16.0. The van der Waals surface area contributed by atoms with E-state index in [0.717, 1.165) is 31.0 Å². The van der Waals surface area contributed by atoms with Gasteiger partial charge in [0.1, 0.15) is 5.75 Å². The minimum atomic E-state index is 0.0162. The number of fused-ring (bicyclic) bond motifs is 1. The summed E-state index contributed by atoms with van der Waals surface area (Å²) in [6, 6.07) is 16.6. The van der Waals surface area contributed by atoms with Crippen LogP contribution in [0.4, 0.5) is 11.4 Å². The molecule has 1 heterocycles. The van der Waals surface area contributed by atoms with E-state index in [1.165, 1.54) is 11.3 Å². The number of rotatable bonds is 2. The second kappa shape index (κ2) is 5.55. The Labute approximate surface area is 120 Å². The molecule has 0 radical (unpaired) electrons. The van der Waals surface area contributed by atoms with Crippen LogP contribution in [-0.4, -0.2) is 13.2 Å². The number of para-hydroxylation sites is 3. The van der Waals surface area contributed by atoms with E-state index < -0.39 is 0 Å². The smallest absolute Gasteiger partial charge is 0.142 e. The van der Waals surface area contributed by atoms with Crippen LogP contribution in [0.3, 0.4) is 0 Å². The zero-order valence-electron chi connectivity index (χ0n) is 11.8. The molecule has 0 aromatic heterocycles. The molecule has 0 saturated heterocycles. The summed E-state index contributed by atoms with van der Waals surface area (Å²) in [5.74, 6) is 0.949. The Morgan fingerprint density at radius 2 is 1.75 bits per heavy atom. The van der Waals surface area contributed by atoms with Gasteiger partial charge in [-0.05, 0) is 37.1 Å². The second-order valence-electron chi connectivity index (χ2n) is 5.17. The molecule has 0 fully saturated rings. The zero-order valence-corrected chi connectivity index (χ0v) is 11.8. The van der Waals surface area contributed by atoms with Crippen LogP contribution in [-0.2, 0) is 0 Å². The Hall–Kier alpha value is -2.00. The Balaban J connectivity index is 2.10. The number of hydrogen-bond donors (Lipinski definition) is 1. The third-order valence-electron chi connectivity index (χ3n) is 3.66. The van der Waals surface area contributed by atoms with Crippen LogP contribution in [0.1, 0.15) is 24.9 Å². The maximum atomic E-state index is 6.12. The molecule has 2 aromatic rings. The molecule has 3 rings (SSSR count). The van der Waals surface area contributed by atoms with E-state index in [0.29, 0.717) is 0 Å². The van der Waals surface area contributed by atoms with Crippen LogP contribution in [0.5, 0.6) is 5.75 Å². The standard InChI is InChI=1S/C17H20N2O/c1-13(18)14-7-2-3-8-15(14)19-11-6-12-20-17-10-5-4-9-16(17)19/h2-5,7-10,13H,6,11-12,18H2,1H3. The lowest BCUT2D eigenvalue weighted by molar-refractivity contribution is 0.322. The lowest BCUT2D eigenvalue weighted by Gasteiger charge is -2.27. The lowest BCUT2D eigenvalue weighted by Crippen LogP contribution is -2.21. The largest absolute Gasteiger partial charge is 0.491 e. The number of nitrogens with zero attached hydrogens (tertiary/aromatic N) is 1. The molecule has 3 heteroatoms. The number of ether oxygens (including phenoxy) is 1. The van der Waals surface area contributed by atoms with Gasteiger partial charge in [-0.25, -0.2) is 0 Å². The van der Waals surface area contributed by atoms with Gasteiger partial charge in [0.15, 0.2) is 0 Å². The van der Waals surface area contributed by atoms with E-state index in [2.05, 4.69) is 35.2 Å². The minimum absolute atomic E-state index is 0.0162. The molecule has 2 aromatic carbocycles. The first-order valence-corrected chi connectivity index (χ1v) is 7.11. The van der Waals surface area contributed by atoms with Crippen molar-refractivity contribution in [2.24, 2.45) is 5.73 Å². The molecule has 0 amide bonds. The van der Waals surface area contributed by atoms with Crippen LogP contribution < -0.4 is 15.4 Å². The minimum Gasteiger partial charge on any atom is -0.491 e. The topological polar surface area (TPSA) is 38.5 Å². The Bertz CT molecular complexity index is 595. The molecule has 1 atom stereocenters. The van der Waals surface area contributed by atoms with Gasteiger partial charge in [0.25, 0.3) is 0 Å². The van der Waals surface area contributed by atoms with Gasteiger partial charge in [0.2, 0.25) is 0 Å². The molecular formula is C17H20N2O. The van der Waals surface area contributed by atoms with Crippen molar-refractivity contribution in [1.82, 2.24) is 0 Å². The summed E-state index contributed by atoms with van der Waals surface area (Å²) in [5.41, 5.74) is 9.60. The van der Waals surface area contributed by atoms with Crippen molar-refractivity contribution in [3.05, 3.63) is 54.1 Å². The fourth-order valence-corrected chi connectivity index (χ4v) is 2.70. The van der Waals surface area contributed by atoms with Gasteiger partial charge < -0.3 is 15.4 Å². The molecule has 1 aliphatic rings. The molecule has 1 unspecified atom stereocenters. The van der Waals surface area contributed by atoms with Crippen molar-refractivity contribution in [3.8, 4) is 5.75 Å². The molecule has 20 heavy (non-hydrogen) atoms. The number of benzene rings is 2. The highest BCUT2D eigenvalue weighted by atomic mass is 16.5. The van der Waals surface area contributed by atoms with Gasteiger partial charge in [0, 0.05) is 18.3 Å². The molecule has 0 spiro atoms. The maximum Gasteiger partial charge on any atom is 0.142 e. The van der Waals surface area contributed by atoms with Crippen LogP contribution >= 0.6 is 0 Å². The summed E-state index contributed by atoms with van der Waals surface area (Å²) in [5, 5.41) is 0. The highest BCUT2D eigenvalue weighted by molar-refractivity contribution is 5.72. The predicted octanol–water partition coefficient (Wildman–Crippen LogP) is 3.63. The average molecular weight is 268 g/mol. The van der Waals surface area contributed by atoms with Crippen molar-refractivity contribution in [2.75, 3.05) is 18.1 Å². The van der Waals surface area contributed by atoms with Crippen LogP contribution in [0.2, 0.25) is 0 Å². The maximum absolute atomic E-state index is 6.12. The molecule has 104 valence electrons. The Morgan fingerprint density at radius 1 is 1.05 bits per heavy atom. The fourth-order valence-electron chi connectivity index (χ4n) is 2.70. The van der Waals surface area contributed by atoms with E-state index in [-0.39, 0.29) is 6.04 Å². The summed E-state index contributed by atoms with van der Waals surface area (Å²) < 4.78 is 5.83. The molecule has 1 aliphatic heterocycles. The number of hydrogen-bond acceptors (Lipinski definition) is 3. The Kier molecular flexibility index (Phi) is 3.61. The summed E-state index contributed by atoms with van der Waals surface area (Å²) in [7, 11) is 0. The highest BCUT2D eigenvalue weighted by Gasteiger charge is 2.20. The quantitative estimate of drug-likeness (QED) is 0.904. The van der Waals surface area contributed by atoms with Crippen molar-refractivity contribution >= 4 is 11.4 Å². The molecular weight excluding hydrogens is 248 g/mol. The lowest BCUT2D eigenvalue weighted by atomic mass is 10.0. The summed E-state index contributed by atoms with van der Waals surface area (Å²) >= 11 is 0. The molecule has 2 N–H and O–H groups in total. The Morgan fingerprint density at radius 3 is 2.55 bits per heavy atom. The van der Waals surface area contributed by atoms with E-state index in [9.17, 15) is 0 Å². The zero-order chi connectivity index (χ0) is 13.9. The van der Waals surface area contributed by atoms with E-state index in [1.54, 1.807) is 0 Å². The van der Waals surface area contributed by atoms with E-state index in [4.69, 9.17) is 10.5 Å². The third-order valence-corrected chi connectivity index (χ3v) is 3.66. The van der Waals surface area contributed by atoms with E-state index in [1.807, 2.05) is 25.1 Å². The number of nitrogens with two attached hydrogens (primary N) is 1. The monoisotopic (exact) mass is 268 g/mol. The summed E-state index contributed by atoms with van der Waals surface area (Å²) in [4.78, 5) is 2.32. The molecule has 0 bridgehead atoms. The van der Waals surface area contributed by atoms with Crippen molar-refractivity contribution in [1.29, 1.82) is 0 Å². The number of anilines is 2. The third kappa shape index (κ3) is 2.37. The van der Waals surface area contributed by atoms with Gasteiger partial charge in [-0.2, -0.15) is 0 Å². The van der Waals surface area contributed by atoms with Crippen LogP contribution in [0.25, 0.3) is 0 Å². The first-order chi connectivity index (χ1) is 9.77. The van der Waals surface area contributed by atoms with Crippen LogP contribution in [0.15, 0.2) is 48.5 Å². The fraction of sp³-hybridized carbons (Fsp3) is 0.294. The van der Waals surface area contributed by atoms with Crippen molar-refractivity contribution < 1.29 is 4.74 Å². The summed E-state index contributed by atoms with van der Waals surface area (Å²) in [6.07, 6.45) is 1.00. The van der Waals surface area contributed by atoms with Gasteiger partial charge in [0.05, 0.1) is 12.3 Å². The van der Waals surface area contributed by atoms with Gasteiger partial charge >= 0.3 is 0 Å². The first-order valence-electron chi connectivity index (χ1n) is 7.11. The van der Waals surface area contributed by atoms with Crippen molar-refractivity contribution in [2.45, 2.75) is 19.4 Å². The van der Waals surface area contributed by atoms with Crippen molar-refractivity contribution in [3.63, 3.8) is 0 Å². The average Bonchev–Trinajstić information content (AvgIpc) is 2.69. The van der Waals surface area contributed by atoms with Crippen LogP contribution in [0, 0.1) is 0 Å². The van der Waals surface area contributed by atoms with Gasteiger partial charge in [-0.3, -0.25) is 0 Å². The predicted molar refractivity (Wildman–Crippen MR) is 82.6 cm³/mol. The molecule has 3 nitrogen and oxygen atoms in total. The van der Waals surface area contributed by atoms with E-state index >= 15 is 0 Å². The van der Waals surface area contributed by atoms with Gasteiger partial charge in [-0.1, -0.05) is 30.3 Å².